The molecule has 0 aliphatic rings. The maximum atomic E-state index is 11.8. The number of rotatable bonds is 6. The van der Waals surface area contributed by atoms with Crippen molar-refractivity contribution in [2.75, 3.05) is 6.54 Å². The third kappa shape index (κ3) is 6.41. The highest BCUT2D eigenvalue weighted by Crippen LogP contribution is 2.22. The smallest absolute Gasteiger partial charge is 0.382 e. The molecule has 0 radical (unpaired) electrons. The minimum atomic E-state index is -4.34. The van der Waals surface area contributed by atoms with Gasteiger partial charge in [0.15, 0.2) is 0 Å². The molecule has 0 aromatic carbocycles. The van der Waals surface area contributed by atoms with E-state index in [0.29, 0.717) is 0 Å². The van der Waals surface area contributed by atoms with Crippen LogP contribution in [0.4, 0.5) is 13.2 Å². The molecule has 94 valence electrons. The molecule has 0 aromatic rings. The molecular weight excluding hydrogens is 225 g/mol. The van der Waals surface area contributed by atoms with Gasteiger partial charge in [0.1, 0.15) is 6.10 Å². The van der Waals surface area contributed by atoms with Crippen LogP contribution in [-0.2, 0) is 4.79 Å². The number of nitrogens with one attached hydrogen (secondary N) is 1. The molecule has 4 N–H and O–H groups in total. The summed E-state index contributed by atoms with van der Waals surface area (Å²) in [4.78, 5) is 11.1. The Hall–Kier alpha value is -1.08. The van der Waals surface area contributed by atoms with Crippen molar-refractivity contribution < 1.29 is 23.1 Å². The number of aliphatic hydroxyl groups is 1. The number of hydrogen-bond donors (Lipinski definition) is 3. The Labute approximate surface area is 91.3 Å². The summed E-state index contributed by atoms with van der Waals surface area (Å²) in [6.45, 7) is 3.46. The first kappa shape index (κ1) is 14.9. The van der Waals surface area contributed by atoms with Crippen molar-refractivity contribution in [1.82, 2.24) is 5.32 Å². The van der Waals surface area contributed by atoms with Gasteiger partial charge in [0.05, 0.1) is 0 Å². The number of carbonyl (C=O) groups is 1. The van der Waals surface area contributed by atoms with E-state index >= 15 is 0 Å². The first-order chi connectivity index (χ1) is 7.28. The second-order valence-electron chi connectivity index (χ2n) is 3.30. The standard InChI is InChI=1S/C9H15F3N2O2/c1-2-5-14-8(16)7(15)6(13)3-4-9(10,11)12/h2,6-7,15H,1,3-5,13H2,(H,14,16). The third-order valence-electron chi connectivity index (χ3n) is 1.86. The van der Waals surface area contributed by atoms with Crippen molar-refractivity contribution in [3.8, 4) is 0 Å². The SMILES string of the molecule is C=CCNC(=O)C(O)C(N)CCC(F)(F)F. The van der Waals surface area contributed by atoms with Gasteiger partial charge in [0.2, 0.25) is 0 Å². The summed E-state index contributed by atoms with van der Waals surface area (Å²) in [7, 11) is 0. The van der Waals surface area contributed by atoms with E-state index in [4.69, 9.17) is 5.73 Å². The van der Waals surface area contributed by atoms with Gasteiger partial charge in [0.25, 0.3) is 5.91 Å². The molecule has 0 saturated heterocycles. The summed E-state index contributed by atoms with van der Waals surface area (Å²) in [5, 5.41) is 11.5. The van der Waals surface area contributed by atoms with E-state index in [1.54, 1.807) is 0 Å². The first-order valence-electron chi connectivity index (χ1n) is 4.67. The number of aliphatic hydroxyl groups excluding tert-OH is 1. The van der Waals surface area contributed by atoms with Gasteiger partial charge in [-0.3, -0.25) is 4.79 Å². The van der Waals surface area contributed by atoms with Gasteiger partial charge in [-0.2, -0.15) is 13.2 Å². The predicted molar refractivity (Wildman–Crippen MR) is 52.5 cm³/mol. The first-order valence-corrected chi connectivity index (χ1v) is 4.67. The van der Waals surface area contributed by atoms with Crippen LogP contribution in [-0.4, -0.2) is 35.9 Å². The molecule has 0 aromatic heterocycles. The number of alkyl halides is 3. The second kappa shape index (κ2) is 6.49. The Morgan fingerprint density at radius 3 is 2.56 bits per heavy atom. The highest BCUT2D eigenvalue weighted by atomic mass is 19.4. The fraction of sp³-hybridized carbons (Fsp3) is 0.667. The lowest BCUT2D eigenvalue weighted by molar-refractivity contribution is -0.141. The molecule has 0 rings (SSSR count). The summed E-state index contributed by atoms with van der Waals surface area (Å²) in [5.41, 5.74) is 5.26. The van der Waals surface area contributed by atoms with Gasteiger partial charge >= 0.3 is 6.18 Å². The lowest BCUT2D eigenvalue weighted by Crippen LogP contribution is -2.46. The van der Waals surface area contributed by atoms with Gasteiger partial charge in [-0.1, -0.05) is 6.08 Å². The van der Waals surface area contributed by atoms with Crippen LogP contribution in [0.1, 0.15) is 12.8 Å². The largest absolute Gasteiger partial charge is 0.389 e. The van der Waals surface area contributed by atoms with Crippen LogP contribution in [0.5, 0.6) is 0 Å². The Morgan fingerprint density at radius 1 is 1.56 bits per heavy atom. The molecule has 16 heavy (non-hydrogen) atoms. The van der Waals surface area contributed by atoms with E-state index in [0.717, 1.165) is 0 Å². The molecule has 0 aliphatic heterocycles. The number of amides is 1. The molecule has 0 aliphatic carbocycles. The van der Waals surface area contributed by atoms with Gasteiger partial charge in [-0.25, -0.2) is 0 Å². The van der Waals surface area contributed by atoms with Crippen LogP contribution >= 0.6 is 0 Å². The van der Waals surface area contributed by atoms with Crippen molar-refractivity contribution in [3.05, 3.63) is 12.7 Å². The lowest BCUT2D eigenvalue weighted by atomic mass is 10.1. The summed E-state index contributed by atoms with van der Waals surface area (Å²) < 4.78 is 35.5. The molecule has 0 spiro atoms. The van der Waals surface area contributed by atoms with Crippen molar-refractivity contribution in [3.63, 3.8) is 0 Å². The van der Waals surface area contributed by atoms with Crippen LogP contribution in [0, 0.1) is 0 Å². The van der Waals surface area contributed by atoms with E-state index in [1.165, 1.54) is 6.08 Å². The average molecular weight is 240 g/mol. The Balaban J connectivity index is 4.02. The molecule has 2 unspecified atom stereocenters. The number of carbonyl (C=O) groups excluding carboxylic acids is 1. The van der Waals surface area contributed by atoms with Crippen molar-refractivity contribution >= 4 is 5.91 Å². The fourth-order valence-electron chi connectivity index (χ4n) is 0.960. The minimum absolute atomic E-state index is 0.127. The molecule has 4 nitrogen and oxygen atoms in total. The van der Waals surface area contributed by atoms with E-state index < -0.39 is 37.1 Å². The molecule has 0 bridgehead atoms. The van der Waals surface area contributed by atoms with Gasteiger partial charge in [0, 0.05) is 19.0 Å². The fourth-order valence-corrected chi connectivity index (χ4v) is 0.960. The summed E-state index contributed by atoms with van der Waals surface area (Å²) in [5.74, 6) is -0.797. The van der Waals surface area contributed by atoms with Crippen LogP contribution < -0.4 is 11.1 Å². The number of hydrogen-bond acceptors (Lipinski definition) is 3. The zero-order valence-electron chi connectivity index (χ0n) is 8.63. The average Bonchev–Trinajstić information content (AvgIpc) is 2.20. The summed E-state index contributed by atoms with van der Waals surface area (Å²) in [6, 6.07) is -1.23. The predicted octanol–water partition coefficient (Wildman–Crippen LogP) is 0.319. The van der Waals surface area contributed by atoms with E-state index in [2.05, 4.69) is 11.9 Å². The van der Waals surface area contributed by atoms with Crippen LogP contribution in [0.2, 0.25) is 0 Å². The maximum Gasteiger partial charge on any atom is 0.389 e. The number of halogens is 3. The van der Waals surface area contributed by atoms with Crippen molar-refractivity contribution in [1.29, 1.82) is 0 Å². The minimum Gasteiger partial charge on any atom is -0.382 e. The molecule has 0 heterocycles. The molecule has 7 heteroatoms. The second-order valence-corrected chi connectivity index (χ2v) is 3.30. The zero-order valence-corrected chi connectivity index (χ0v) is 8.63. The molecule has 0 saturated carbocycles. The highest BCUT2D eigenvalue weighted by Gasteiger charge is 2.30. The van der Waals surface area contributed by atoms with Crippen LogP contribution in [0.25, 0.3) is 0 Å². The van der Waals surface area contributed by atoms with Gasteiger partial charge in [-0.15, -0.1) is 6.58 Å². The Morgan fingerprint density at radius 2 is 2.12 bits per heavy atom. The van der Waals surface area contributed by atoms with E-state index in [-0.39, 0.29) is 6.54 Å². The maximum absolute atomic E-state index is 11.8. The Bertz CT molecular complexity index is 243. The topological polar surface area (TPSA) is 75.3 Å². The Kier molecular flexibility index (Phi) is 6.05. The quantitative estimate of drug-likeness (QED) is 0.585. The lowest BCUT2D eigenvalue weighted by Gasteiger charge is -2.18. The number of nitrogens with two attached hydrogens (primary N) is 1. The molecule has 1 amide bonds. The van der Waals surface area contributed by atoms with Crippen molar-refractivity contribution in [2.45, 2.75) is 31.2 Å². The highest BCUT2D eigenvalue weighted by molar-refractivity contribution is 5.81. The van der Waals surface area contributed by atoms with Crippen molar-refractivity contribution in [2.24, 2.45) is 5.73 Å². The summed E-state index contributed by atoms with van der Waals surface area (Å²) in [6.07, 6.45) is -6.21. The monoisotopic (exact) mass is 240 g/mol. The third-order valence-corrected chi connectivity index (χ3v) is 1.86. The van der Waals surface area contributed by atoms with E-state index in [1.807, 2.05) is 0 Å². The van der Waals surface area contributed by atoms with Gasteiger partial charge < -0.3 is 16.2 Å². The van der Waals surface area contributed by atoms with E-state index in [9.17, 15) is 23.1 Å². The molecular formula is C9H15F3N2O2. The summed E-state index contributed by atoms with van der Waals surface area (Å²) >= 11 is 0. The van der Waals surface area contributed by atoms with Gasteiger partial charge in [-0.05, 0) is 6.42 Å². The zero-order chi connectivity index (χ0) is 12.8. The molecule has 0 fully saturated rings. The molecule has 2 atom stereocenters. The van der Waals surface area contributed by atoms with Crippen LogP contribution in [0.3, 0.4) is 0 Å². The normalized spacial score (nSPS) is 15.3. The van der Waals surface area contributed by atoms with Crippen LogP contribution in [0.15, 0.2) is 12.7 Å².